The van der Waals surface area contributed by atoms with Gasteiger partial charge in [0, 0.05) is 19.9 Å². The van der Waals surface area contributed by atoms with Gasteiger partial charge in [0.1, 0.15) is 0 Å². The van der Waals surface area contributed by atoms with Crippen LogP contribution in [0.15, 0.2) is 12.1 Å². The molecular weight excluding hydrogens is 240 g/mol. The van der Waals surface area contributed by atoms with E-state index in [2.05, 4.69) is 4.90 Å². The minimum Gasteiger partial charge on any atom is -0.398 e. The van der Waals surface area contributed by atoms with Gasteiger partial charge in [-0.1, -0.05) is 11.6 Å². The Kier molecular flexibility index (Phi) is 3.21. The summed E-state index contributed by atoms with van der Waals surface area (Å²) >= 11 is 6.04. The van der Waals surface area contributed by atoms with E-state index in [0.717, 1.165) is 11.3 Å². The Morgan fingerprint density at radius 1 is 1.29 bits per heavy atom. The van der Waals surface area contributed by atoms with Crippen LogP contribution in [0.5, 0.6) is 0 Å². The Balaban J connectivity index is 2.19. The van der Waals surface area contributed by atoms with Gasteiger partial charge in [0.15, 0.2) is 0 Å². The summed E-state index contributed by atoms with van der Waals surface area (Å²) in [6, 6.07) is 3.78. The van der Waals surface area contributed by atoms with E-state index in [1.165, 1.54) is 0 Å². The number of benzene rings is 1. The molecule has 0 radical (unpaired) electrons. The van der Waals surface area contributed by atoms with Crippen molar-refractivity contribution in [2.24, 2.45) is 0 Å². The Morgan fingerprint density at radius 2 is 1.88 bits per heavy atom. The molecule has 1 aromatic rings. The van der Waals surface area contributed by atoms with Crippen molar-refractivity contribution in [3.05, 3.63) is 22.7 Å². The van der Waals surface area contributed by atoms with Crippen LogP contribution in [-0.4, -0.2) is 33.1 Å². The Hall–Kier alpha value is -0.970. The highest BCUT2D eigenvalue weighted by Gasteiger charge is 2.44. The molecule has 1 aliphatic heterocycles. The number of nitrogens with two attached hydrogens (primary N) is 1. The largest absolute Gasteiger partial charge is 0.398 e. The second-order valence-electron chi connectivity index (χ2n) is 4.34. The van der Waals surface area contributed by atoms with Gasteiger partial charge < -0.3 is 20.1 Å². The van der Waals surface area contributed by atoms with Crippen molar-refractivity contribution >= 4 is 23.0 Å². The van der Waals surface area contributed by atoms with Crippen LogP contribution in [0, 0.1) is 6.92 Å². The van der Waals surface area contributed by atoms with Gasteiger partial charge >= 0.3 is 0 Å². The molecular formula is C12H17ClN2O2. The molecule has 4 nitrogen and oxygen atoms in total. The van der Waals surface area contributed by atoms with Crippen molar-refractivity contribution in [2.45, 2.75) is 12.7 Å². The van der Waals surface area contributed by atoms with Crippen molar-refractivity contribution in [3.8, 4) is 0 Å². The molecule has 1 aromatic carbocycles. The van der Waals surface area contributed by atoms with E-state index in [1.807, 2.05) is 19.1 Å². The van der Waals surface area contributed by atoms with E-state index < -0.39 is 5.79 Å². The van der Waals surface area contributed by atoms with Crippen molar-refractivity contribution in [1.82, 2.24) is 0 Å². The van der Waals surface area contributed by atoms with Gasteiger partial charge in [-0.2, -0.15) is 0 Å². The van der Waals surface area contributed by atoms with E-state index >= 15 is 0 Å². The summed E-state index contributed by atoms with van der Waals surface area (Å²) in [5.41, 5.74) is 8.55. The van der Waals surface area contributed by atoms with Gasteiger partial charge in [0.05, 0.1) is 23.8 Å². The van der Waals surface area contributed by atoms with Gasteiger partial charge in [0.2, 0.25) is 5.79 Å². The van der Waals surface area contributed by atoms with Crippen molar-refractivity contribution < 1.29 is 9.47 Å². The quantitative estimate of drug-likeness (QED) is 0.664. The van der Waals surface area contributed by atoms with Gasteiger partial charge in [-0.3, -0.25) is 0 Å². The molecule has 1 saturated heterocycles. The third-order valence-electron chi connectivity index (χ3n) is 3.26. The number of methoxy groups -OCH3 is 2. The lowest BCUT2D eigenvalue weighted by atomic mass is 10.0. The van der Waals surface area contributed by atoms with Crippen LogP contribution >= 0.6 is 11.6 Å². The number of nitrogens with zero attached hydrogens (tertiary/aromatic N) is 1. The molecule has 0 aromatic heterocycles. The molecule has 0 aliphatic carbocycles. The van der Waals surface area contributed by atoms with E-state index in [0.29, 0.717) is 23.8 Å². The normalized spacial score (nSPS) is 18.0. The molecule has 0 unspecified atom stereocenters. The van der Waals surface area contributed by atoms with Gasteiger partial charge in [-0.05, 0) is 24.6 Å². The first-order valence-electron chi connectivity index (χ1n) is 5.42. The maximum Gasteiger partial charge on any atom is 0.203 e. The summed E-state index contributed by atoms with van der Waals surface area (Å²) in [6.45, 7) is 3.41. The number of aryl methyl sites for hydroxylation is 1. The first-order valence-corrected chi connectivity index (χ1v) is 5.80. The number of rotatable bonds is 3. The fraction of sp³-hybridized carbons (Fsp3) is 0.500. The molecule has 1 aliphatic rings. The van der Waals surface area contributed by atoms with E-state index in [-0.39, 0.29) is 0 Å². The summed E-state index contributed by atoms with van der Waals surface area (Å²) in [7, 11) is 3.31. The van der Waals surface area contributed by atoms with Crippen molar-refractivity contribution in [3.63, 3.8) is 0 Å². The molecule has 5 heteroatoms. The van der Waals surface area contributed by atoms with E-state index in [4.69, 9.17) is 26.8 Å². The molecule has 0 amide bonds. The molecule has 2 rings (SSSR count). The molecule has 94 valence electrons. The highest BCUT2D eigenvalue weighted by atomic mass is 35.5. The van der Waals surface area contributed by atoms with E-state index in [1.54, 1.807) is 14.2 Å². The second kappa shape index (κ2) is 4.37. The maximum absolute atomic E-state index is 6.04. The number of nitrogen functional groups attached to an aromatic ring is 1. The van der Waals surface area contributed by atoms with Gasteiger partial charge in [-0.15, -0.1) is 0 Å². The van der Waals surface area contributed by atoms with Crippen LogP contribution in [0.3, 0.4) is 0 Å². The predicted molar refractivity (Wildman–Crippen MR) is 69.6 cm³/mol. The molecule has 1 fully saturated rings. The van der Waals surface area contributed by atoms with Crippen molar-refractivity contribution in [1.29, 1.82) is 0 Å². The smallest absolute Gasteiger partial charge is 0.203 e. The van der Waals surface area contributed by atoms with Crippen LogP contribution in [0.4, 0.5) is 11.4 Å². The SMILES string of the molecule is COC1(OC)CN(c2cc(Cl)c(N)cc2C)C1. The Labute approximate surface area is 106 Å². The summed E-state index contributed by atoms with van der Waals surface area (Å²) in [5, 5.41) is 0.581. The monoisotopic (exact) mass is 256 g/mol. The van der Waals surface area contributed by atoms with Crippen LogP contribution in [0.1, 0.15) is 5.56 Å². The predicted octanol–water partition coefficient (Wildman–Crippen LogP) is 2.04. The summed E-state index contributed by atoms with van der Waals surface area (Å²) in [4.78, 5) is 2.16. The third kappa shape index (κ3) is 2.08. The Bertz CT molecular complexity index is 425. The highest BCUT2D eigenvalue weighted by molar-refractivity contribution is 6.33. The van der Waals surface area contributed by atoms with Crippen LogP contribution in [-0.2, 0) is 9.47 Å². The Morgan fingerprint density at radius 3 is 2.41 bits per heavy atom. The van der Waals surface area contributed by atoms with Crippen LogP contribution in [0.25, 0.3) is 0 Å². The molecule has 2 N–H and O–H groups in total. The summed E-state index contributed by atoms with van der Waals surface area (Å²) in [5.74, 6) is -0.486. The lowest BCUT2D eigenvalue weighted by Crippen LogP contribution is -2.64. The molecule has 0 saturated carbocycles. The lowest BCUT2D eigenvalue weighted by molar-refractivity contribution is -0.219. The number of ether oxygens (including phenoxy) is 2. The van der Waals surface area contributed by atoms with Crippen LogP contribution < -0.4 is 10.6 Å². The zero-order chi connectivity index (χ0) is 12.6. The van der Waals surface area contributed by atoms with Gasteiger partial charge in [-0.25, -0.2) is 0 Å². The topological polar surface area (TPSA) is 47.7 Å². The minimum atomic E-state index is -0.486. The molecule has 1 heterocycles. The summed E-state index contributed by atoms with van der Waals surface area (Å²) in [6.07, 6.45) is 0. The fourth-order valence-electron chi connectivity index (χ4n) is 2.08. The average molecular weight is 257 g/mol. The first-order chi connectivity index (χ1) is 8.01. The second-order valence-corrected chi connectivity index (χ2v) is 4.74. The third-order valence-corrected chi connectivity index (χ3v) is 3.59. The number of hydrogen-bond acceptors (Lipinski definition) is 4. The molecule has 0 spiro atoms. The molecule has 17 heavy (non-hydrogen) atoms. The van der Waals surface area contributed by atoms with Crippen molar-refractivity contribution in [2.75, 3.05) is 37.9 Å². The standard InChI is InChI=1S/C12H17ClN2O2/c1-8-4-10(14)9(13)5-11(8)15-6-12(7-15,16-2)17-3/h4-5H,6-7,14H2,1-3H3. The lowest BCUT2D eigenvalue weighted by Gasteiger charge is -2.49. The number of anilines is 2. The number of halogens is 1. The van der Waals surface area contributed by atoms with Gasteiger partial charge in [0.25, 0.3) is 0 Å². The number of hydrogen-bond donors (Lipinski definition) is 1. The average Bonchev–Trinajstić information content (AvgIpc) is 2.25. The zero-order valence-corrected chi connectivity index (χ0v) is 11.0. The van der Waals surface area contributed by atoms with E-state index in [9.17, 15) is 0 Å². The highest BCUT2D eigenvalue weighted by Crippen LogP contribution is 2.36. The van der Waals surface area contributed by atoms with Crippen LogP contribution in [0.2, 0.25) is 5.02 Å². The maximum atomic E-state index is 6.04. The fourth-order valence-corrected chi connectivity index (χ4v) is 2.24. The zero-order valence-electron chi connectivity index (χ0n) is 10.3. The minimum absolute atomic E-state index is 0.486. The molecule has 0 atom stereocenters. The summed E-state index contributed by atoms with van der Waals surface area (Å²) < 4.78 is 10.7. The first kappa shape index (κ1) is 12.5. The molecule has 0 bridgehead atoms.